The van der Waals surface area contributed by atoms with Gasteiger partial charge in [-0.1, -0.05) is 32.1 Å². The van der Waals surface area contributed by atoms with Gasteiger partial charge in [-0.05, 0) is 51.3 Å². The maximum absolute atomic E-state index is 5.87. The number of ether oxygens (including phenoxy) is 3. The van der Waals surface area contributed by atoms with E-state index in [1.165, 1.54) is 44.9 Å². The molecule has 0 radical (unpaired) electrons. The van der Waals surface area contributed by atoms with Crippen LogP contribution in [-0.2, 0) is 6.54 Å². The highest BCUT2D eigenvalue weighted by molar-refractivity contribution is 7.80. The molecule has 7 heteroatoms. The Morgan fingerprint density at radius 3 is 2.13 bits per heavy atom. The van der Waals surface area contributed by atoms with Crippen LogP contribution in [0.4, 0.5) is 0 Å². The van der Waals surface area contributed by atoms with Gasteiger partial charge in [-0.15, -0.1) is 0 Å². The Bertz CT molecular complexity index is 661. The Morgan fingerprint density at radius 2 is 1.57 bits per heavy atom. The lowest BCUT2D eigenvalue weighted by Gasteiger charge is -2.31. The molecular formula is C23H39N3O3S. The third kappa shape index (κ3) is 7.20. The fraction of sp³-hybridized carbons (Fsp3) is 0.696. The first kappa shape index (κ1) is 24.5. The second kappa shape index (κ2) is 12.8. The van der Waals surface area contributed by atoms with Crippen molar-refractivity contribution in [1.82, 2.24) is 15.1 Å². The van der Waals surface area contributed by atoms with Crippen molar-refractivity contribution in [1.29, 1.82) is 0 Å². The predicted molar refractivity (Wildman–Crippen MR) is 127 cm³/mol. The second-order valence-corrected chi connectivity index (χ2v) is 8.60. The maximum Gasteiger partial charge on any atom is 0.203 e. The van der Waals surface area contributed by atoms with Gasteiger partial charge in [-0.2, -0.15) is 0 Å². The Morgan fingerprint density at radius 1 is 0.933 bits per heavy atom. The molecule has 1 saturated carbocycles. The van der Waals surface area contributed by atoms with Crippen LogP contribution in [0.15, 0.2) is 12.1 Å². The lowest BCUT2D eigenvalue weighted by Crippen LogP contribution is -2.46. The van der Waals surface area contributed by atoms with Gasteiger partial charge in [0.1, 0.15) is 0 Å². The molecule has 1 aromatic rings. The first-order chi connectivity index (χ1) is 14.5. The summed E-state index contributed by atoms with van der Waals surface area (Å²) in [5, 5.41) is 4.48. The van der Waals surface area contributed by atoms with Gasteiger partial charge in [0.05, 0.1) is 21.3 Å². The summed E-state index contributed by atoms with van der Waals surface area (Å²) >= 11 is 5.87. The third-order valence-electron chi connectivity index (χ3n) is 5.68. The Kier molecular flexibility index (Phi) is 10.5. The van der Waals surface area contributed by atoms with Crippen molar-refractivity contribution in [3.63, 3.8) is 0 Å². The number of nitrogens with zero attached hydrogens (tertiary/aromatic N) is 2. The molecule has 0 unspecified atom stereocenters. The molecule has 30 heavy (non-hydrogen) atoms. The minimum Gasteiger partial charge on any atom is -0.493 e. The van der Waals surface area contributed by atoms with Crippen molar-refractivity contribution in [2.45, 2.75) is 57.5 Å². The van der Waals surface area contributed by atoms with Gasteiger partial charge in [0.15, 0.2) is 16.6 Å². The number of nitrogens with one attached hydrogen (secondary N) is 1. The molecule has 0 atom stereocenters. The van der Waals surface area contributed by atoms with Crippen LogP contribution in [0.25, 0.3) is 0 Å². The van der Waals surface area contributed by atoms with E-state index >= 15 is 0 Å². The molecule has 2 rings (SSSR count). The van der Waals surface area contributed by atoms with Crippen LogP contribution in [0.5, 0.6) is 17.2 Å². The molecule has 170 valence electrons. The molecule has 0 heterocycles. The fourth-order valence-electron chi connectivity index (χ4n) is 3.93. The van der Waals surface area contributed by atoms with Crippen molar-refractivity contribution in [2.75, 3.05) is 48.5 Å². The van der Waals surface area contributed by atoms with E-state index < -0.39 is 0 Å². The van der Waals surface area contributed by atoms with Gasteiger partial charge in [0.25, 0.3) is 0 Å². The minimum absolute atomic E-state index is 0.465. The molecule has 0 aliphatic heterocycles. The van der Waals surface area contributed by atoms with E-state index in [-0.39, 0.29) is 0 Å². The first-order valence-electron chi connectivity index (χ1n) is 11.0. The highest BCUT2D eigenvalue weighted by Crippen LogP contribution is 2.40. The number of likely N-dealkylation sites (N-methyl/N-ethyl adjacent to an activating group) is 1. The maximum atomic E-state index is 5.87. The first-order valence-corrected chi connectivity index (χ1v) is 11.4. The van der Waals surface area contributed by atoms with Crippen LogP contribution >= 0.6 is 12.2 Å². The van der Waals surface area contributed by atoms with E-state index in [2.05, 4.69) is 29.2 Å². The van der Waals surface area contributed by atoms with Crippen LogP contribution in [0.2, 0.25) is 0 Å². The van der Waals surface area contributed by atoms with E-state index in [0.29, 0.717) is 29.8 Å². The van der Waals surface area contributed by atoms with Crippen molar-refractivity contribution in [3.05, 3.63) is 17.7 Å². The van der Waals surface area contributed by atoms with E-state index in [9.17, 15) is 0 Å². The summed E-state index contributed by atoms with van der Waals surface area (Å²) < 4.78 is 16.7. The zero-order valence-electron chi connectivity index (χ0n) is 19.3. The Balaban J connectivity index is 2.18. The molecule has 0 bridgehead atoms. The van der Waals surface area contributed by atoms with Crippen LogP contribution in [0.1, 0.15) is 50.5 Å². The van der Waals surface area contributed by atoms with Gasteiger partial charge in [-0.25, -0.2) is 0 Å². The van der Waals surface area contributed by atoms with E-state index in [0.717, 1.165) is 23.8 Å². The number of hydrogen-bond donors (Lipinski definition) is 1. The molecule has 0 spiro atoms. The molecule has 1 aliphatic carbocycles. The molecule has 6 nitrogen and oxygen atoms in total. The summed E-state index contributed by atoms with van der Waals surface area (Å²) in [6.45, 7) is 2.40. The lowest BCUT2D eigenvalue weighted by molar-refractivity contribution is 0.302. The molecule has 1 aliphatic rings. The van der Waals surface area contributed by atoms with Gasteiger partial charge in [0, 0.05) is 31.2 Å². The Hall–Kier alpha value is -1.73. The molecule has 1 aromatic carbocycles. The van der Waals surface area contributed by atoms with E-state index in [1.54, 1.807) is 21.3 Å². The number of thiocarbonyl (C=S) groups is 1. The van der Waals surface area contributed by atoms with Crippen molar-refractivity contribution >= 4 is 17.3 Å². The summed E-state index contributed by atoms with van der Waals surface area (Å²) in [4.78, 5) is 4.41. The lowest BCUT2D eigenvalue weighted by atomic mass is 9.97. The summed E-state index contributed by atoms with van der Waals surface area (Å²) in [6, 6.07) is 4.42. The molecule has 0 saturated heterocycles. The molecule has 1 N–H and O–H groups in total. The minimum atomic E-state index is 0.465. The average molecular weight is 438 g/mol. The van der Waals surface area contributed by atoms with Crippen molar-refractivity contribution < 1.29 is 14.2 Å². The zero-order valence-corrected chi connectivity index (χ0v) is 20.1. The summed E-state index contributed by atoms with van der Waals surface area (Å²) in [7, 11) is 9.10. The quantitative estimate of drug-likeness (QED) is 0.585. The van der Waals surface area contributed by atoms with E-state index in [1.807, 2.05) is 12.1 Å². The number of methoxy groups -OCH3 is 3. The van der Waals surface area contributed by atoms with E-state index in [4.69, 9.17) is 26.4 Å². The molecular weight excluding hydrogens is 398 g/mol. The smallest absolute Gasteiger partial charge is 0.203 e. The second-order valence-electron chi connectivity index (χ2n) is 8.21. The molecule has 0 aromatic heterocycles. The summed E-state index contributed by atoms with van der Waals surface area (Å²) in [5.74, 6) is 1.97. The van der Waals surface area contributed by atoms with Gasteiger partial charge in [0.2, 0.25) is 5.75 Å². The zero-order chi connectivity index (χ0) is 21.9. The fourth-order valence-corrected chi connectivity index (χ4v) is 4.26. The van der Waals surface area contributed by atoms with Gasteiger partial charge >= 0.3 is 0 Å². The number of rotatable bonds is 9. The number of benzene rings is 1. The monoisotopic (exact) mass is 437 g/mol. The van der Waals surface area contributed by atoms with Gasteiger partial charge < -0.3 is 29.3 Å². The molecule has 1 fully saturated rings. The average Bonchev–Trinajstić information content (AvgIpc) is 2.71. The third-order valence-corrected chi connectivity index (χ3v) is 6.06. The standard InChI is InChI=1S/C23H39N3O3S/c1-25(2)15-16-26(23(30)24-19-11-9-7-6-8-10-12-19)17-18-13-14-20(27-3)22(29-5)21(18)28-4/h13-14,19H,6-12,15-17H2,1-5H3,(H,24,30). The van der Waals surface area contributed by atoms with Crippen LogP contribution < -0.4 is 19.5 Å². The van der Waals surface area contributed by atoms with Crippen molar-refractivity contribution in [2.24, 2.45) is 0 Å². The normalized spacial score (nSPS) is 15.3. The van der Waals surface area contributed by atoms with Crippen LogP contribution in [0, 0.1) is 0 Å². The summed E-state index contributed by atoms with van der Waals surface area (Å²) in [6.07, 6.45) is 8.98. The SMILES string of the molecule is COc1ccc(CN(CCN(C)C)C(=S)NC2CCCCCCC2)c(OC)c1OC. The highest BCUT2D eigenvalue weighted by Gasteiger charge is 2.21. The highest BCUT2D eigenvalue weighted by atomic mass is 32.1. The van der Waals surface area contributed by atoms with Crippen LogP contribution in [-0.4, -0.2) is 69.5 Å². The van der Waals surface area contributed by atoms with Gasteiger partial charge in [-0.3, -0.25) is 0 Å². The largest absolute Gasteiger partial charge is 0.493 e. The number of hydrogen-bond acceptors (Lipinski definition) is 5. The Labute approximate surface area is 187 Å². The van der Waals surface area contributed by atoms with Crippen molar-refractivity contribution in [3.8, 4) is 17.2 Å². The van der Waals surface area contributed by atoms with Crippen LogP contribution in [0.3, 0.4) is 0 Å². The topological polar surface area (TPSA) is 46.2 Å². The molecule has 0 amide bonds. The predicted octanol–water partition coefficient (Wildman–Crippen LogP) is 4.06. The summed E-state index contributed by atoms with van der Waals surface area (Å²) in [5.41, 5.74) is 1.02.